The fraction of sp³-hybridized carbons (Fsp3) is 0.667. The van der Waals surface area contributed by atoms with Crippen LogP contribution < -0.4 is 9.47 Å². The molecule has 138 valence electrons. The van der Waals surface area contributed by atoms with Gasteiger partial charge < -0.3 is 28.7 Å². The quantitative estimate of drug-likeness (QED) is 0.611. The van der Waals surface area contributed by atoms with E-state index < -0.39 is 12.2 Å². The van der Waals surface area contributed by atoms with Gasteiger partial charge in [-0.05, 0) is 12.1 Å². The fourth-order valence-corrected chi connectivity index (χ4v) is 2.41. The van der Waals surface area contributed by atoms with Gasteiger partial charge in [0.15, 0.2) is 0 Å². The van der Waals surface area contributed by atoms with Crippen LogP contribution in [0.3, 0.4) is 0 Å². The number of hydrogen-bond donors (Lipinski definition) is 2. The molecule has 0 saturated carbocycles. The number of benzene rings is 1. The van der Waals surface area contributed by atoms with Crippen LogP contribution in [-0.2, 0) is 0 Å². The average Bonchev–Trinajstić information content (AvgIpc) is 2.40. The predicted octanol–water partition coefficient (Wildman–Crippen LogP) is 0.578. The van der Waals surface area contributed by atoms with Crippen LogP contribution in [0.15, 0.2) is 24.3 Å². The van der Waals surface area contributed by atoms with Gasteiger partial charge in [-0.3, -0.25) is 0 Å². The molecule has 0 spiro atoms. The van der Waals surface area contributed by atoms with Gasteiger partial charge >= 0.3 is 0 Å². The maximum atomic E-state index is 9.99. The lowest BCUT2D eigenvalue weighted by molar-refractivity contribution is -0.873. The lowest BCUT2D eigenvalue weighted by atomic mass is 10.3. The molecule has 0 bridgehead atoms. The molecule has 24 heavy (non-hydrogen) atoms. The minimum absolute atomic E-state index is 0.239. The van der Waals surface area contributed by atoms with Gasteiger partial charge in [-0.2, -0.15) is 0 Å². The van der Waals surface area contributed by atoms with Crippen LogP contribution in [0.25, 0.3) is 0 Å². The van der Waals surface area contributed by atoms with Crippen molar-refractivity contribution >= 4 is 0 Å². The zero-order valence-electron chi connectivity index (χ0n) is 15.9. The number of quaternary nitrogens is 2. The summed E-state index contributed by atoms with van der Waals surface area (Å²) in [6.45, 7) is 1.72. The van der Waals surface area contributed by atoms with Crippen LogP contribution in [0, 0.1) is 0 Å². The molecule has 1 rings (SSSR count). The van der Waals surface area contributed by atoms with E-state index in [0.29, 0.717) is 33.6 Å². The molecule has 2 atom stereocenters. The minimum atomic E-state index is -0.527. The second kappa shape index (κ2) is 8.67. The number of hydrogen-bond acceptors (Lipinski definition) is 4. The summed E-state index contributed by atoms with van der Waals surface area (Å²) in [6, 6.07) is 7.27. The molecular weight excluding hydrogens is 308 g/mol. The van der Waals surface area contributed by atoms with Gasteiger partial charge in [0, 0.05) is 6.07 Å². The van der Waals surface area contributed by atoms with Crippen molar-refractivity contribution in [1.29, 1.82) is 0 Å². The minimum Gasteiger partial charge on any atom is -0.491 e. The highest BCUT2D eigenvalue weighted by Crippen LogP contribution is 2.20. The van der Waals surface area contributed by atoms with E-state index in [1.54, 1.807) is 6.07 Å². The molecule has 0 aromatic heterocycles. The Morgan fingerprint density at radius 3 is 1.50 bits per heavy atom. The van der Waals surface area contributed by atoms with Crippen LogP contribution >= 0.6 is 0 Å². The molecule has 0 heterocycles. The summed E-state index contributed by atoms with van der Waals surface area (Å²) in [5.41, 5.74) is 0. The molecule has 0 aliphatic rings. The second-order valence-corrected chi connectivity index (χ2v) is 8.35. The normalized spacial score (nSPS) is 15.0. The maximum Gasteiger partial charge on any atom is 0.137 e. The van der Waals surface area contributed by atoms with Gasteiger partial charge in [0.1, 0.15) is 50.0 Å². The van der Waals surface area contributed by atoms with E-state index in [-0.39, 0.29) is 13.2 Å². The molecule has 0 fully saturated rings. The molecule has 2 N–H and O–H groups in total. The van der Waals surface area contributed by atoms with Gasteiger partial charge in [0.05, 0.1) is 42.3 Å². The number of likely N-dealkylation sites (N-methyl/N-ethyl adjacent to an activating group) is 2. The summed E-state index contributed by atoms with van der Waals surface area (Å²) in [5, 5.41) is 20.0. The summed E-state index contributed by atoms with van der Waals surface area (Å²) in [5.74, 6) is 1.29. The number of aliphatic hydroxyl groups excluding tert-OH is 2. The first-order valence-corrected chi connectivity index (χ1v) is 8.27. The molecule has 0 aliphatic heterocycles. The third-order valence-electron chi connectivity index (χ3n) is 3.21. The first kappa shape index (κ1) is 20.7. The summed E-state index contributed by atoms with van der Waals surface area (Å²) < 4.78 is 12.6. The molecule has 2 unspecified atom stereocenters. The van der Waals surface area contributed by atoms with Gasteiger partial charge in [-0.25, -0.2) is 0 Å². The Bertz CT molecular complexity index is 453. The number of nitrogens with zero attached hydrogens (tertiary/aromatic N) is 2. The Morgan fingerprint density at radius 2 is 1.17 bits per heavy atom. The molecule has 6 nitrogen and oxygen atoms in total. The van der Waals surface area contributed by atoms with Crippen molar-refractivity contribution in [3.05, 3.63) is 24.3 Å². The first-order chi connectivity index (χ1) is 10.9. The highest BCUT2D eigenvalue weighted by molar-refractivity contribution is 5.32. The van der Waals surface area contributed by atoms with Crippen LogP contribution in [0.4, 0.5) is 0 Å². The third kappa shape index (κ3) is 9.72. The Labute approximate surface area is 146 Å². The zero-order chi connectivity index (χ0) is 18.4. The standard InChI is InChI=1S/C18H34N2O4/c1-19(2,3)11-15(21)13-23-17-8-7-9-18(10-17)24-14-16(22)12-20(4,5)6/h7-10,15-16,21-22H,11-14H2,1-6H3/q+2. The molecular formula is C18H34N2O4+2. The van der Waals surface area contributed by atoms with Gasteiger partial charge in [0.25, 0.3) is 0 Å². The fourth-order valence-electron chi connectivity index (χ4n) is 2.41. The summed E-state index contributed by atoms with van der Waals surface area (Å²) in [7, 11) is 12.2. The van der Waals surface area contributed by atoms with E-state index >= 15 is 0 Å². The Kier molecular flexibility index (Phi) is 7.48. The SMILES string of the molecule is C[N+](C)(C)CC(O)COc1cccc(OCC(O)C[N+](C)(C)C)c1. The largest absolute Gasteiger partial charge is 0.491 e. The average molecular weight is 342 g/mol. The van der Waals surface area contributed by atoms with Gasteiger partial charge in [0.2, 0.25) is 0 Å². The Hall–Kier alpha value is -1.34. The molecule has 6 heteroatoms. The van der Waals surface area contributed by atoms with Crippen LogP contribution in [0.5, 0.6) is 11.5 Å². The van der Waals surface area contributed by atoms with E-state index in [4.69, 9.17) is 9.47 Å². The predicted molar refractivity (Wildman–Crippen MR) is 95.2 cm³/mol. The van der Waals surface area contributed by atoms with Crippen molar-refractivity contribution in [3.63, 3.8) is 0 Å². The molecule has 1 aromatic carbocycles. The van der Waals surface area contributed by atoms with E-state index in [9.17, 15) is 10.2 Å². The molecule has 0 aliphatic carbocycles. The third-order valence-corrected chi connectivity index (χ3v) is 3.21. The van der Waals surface area contributed by atoms with Crippen molar-refractivity contribution in [2.24, 2.45) is 0 Å². The monoisotopic (exact) mass is 342 g/mol. The zero-order valence-corrected chi connectivity index (χ0v) is 15.9. The van der Waals surface area contributed by atoms with Crippen molar-refractivity contribution in [2.75, 3.05) is 68.6 Å². The number of rotatable bonds is 10. The van der Waals surface area contributed by atoms with E-state index in [1.165, 1.54) is 0 Å². The van der Waals surface area contributed by atoms with E-state index in [2.05, 4.69) is 0 Å². The molecule has 1 aromatic rings. The van der Waals surface area contributed by atoms with Crippen LogP contribution in [0.1, 0.15) is 0 Å². The first-order valence-electron chi connectivity index (χ1n) is 8.27. The number of aliphatic hydroxyl groups is 2. The highest BCUT2D eigenvalue weighted by Gasteiger charge is 2.17. The Balaban J connectivity index is 2.46. The van der Waals surface area contributed by atoms with Crippen LogP contribution in [-0.4, -0.2) is 100.0 Å². The van der Waals surface area contributed by atoms with Crippen LogP contribution in [0.2, 0.25) is 0 Å². The van der Waals surface area contributed by atoms with Crippen molar-refractivity contribution in [3.8, 4) is 11.5 Å². The maximum absolute atomic E-state index is 9.99. The second-order valence-electron chi connectivity index (χ2n) is 8.35. The number of ether oxygens (including phenoxy) is 2. The highest BCUT2D eigenvalue weighted by atomic mass is 16.5. The lowest BCUT2D eigenvalue weighted by Gasteiger charge is -2.27. The van der Waals surface area contributed by atoms with Gasteiger partial charge in [-0.15, -0.1) is 0 Å². The van der Waals surface area contributed by atoms with Crippen molar-refractivity contribution < 1.29 is 28.7 Å². The molecule has 0 saturated heterocycles. The Morgan fingerprint density at radius 1 is 0.792 bits per heavy atom. The topological polar surface area (TPSA) is 58.9 Å². The van der Waals surface area contributed by atoms with Gasteiger partial charge in [-0.1, -0.05) is 6.07 Å². The summed E-state index contributed by atoms with van der Waals surface area (Å²) in [4.78, 5) is 0. The lowest BCUT2D eigenvalue weighted by Crippen LogP contribution is -2.43. The van der Waals surface area contributed by atoms with E-state index in [1.807, 2.05) is 60.5 Å². The molecule has 0 radical (unpaired) electrons. The van der Waals surface area contributed by atoms with E-state index in [0.717, 1.165) is 0 Å². The van der Waals surface area contributed by atoms with Crippen molar-refractivity contribution in [1.82, 2.24) is 0 Å². The summed E-state index contributed by atoms with van der Waals surface area (Å²) >= 11 is 0. The summed E-state index contributed by atoms with van der Waals surface area (Å²) in [6.07, 6.45) is -1.05. The smallest absolute Gasteiger partial charge is 0.137 e. The van der Waals surface area contributed by atoms with Crippen molar-refractivity contribution in [2.45, 2.75) is 12.2 Å². The molecule has 0 amide bonds.